The molecule has 0 bridgehead atoms. The van der Waals surface area contributed by atoms with Gasteiger partial charge in [-0.3, -0.25) is 9.59 Å². The molecule has 4 aliphatic carbocycles. The van der Waals surface area contributed by atoms with Crippen molar-refractivity contribution < 1.29 is 24.9 Å². The van der Waals surface area contributed by atoms with Gasteiger partial charge in [0.1, 0.15) is 5.78 Å². The summed E-state index contributed by atoms with van der Waals surface area (Å²) in [6, 6.07) is 0. The average Bonchev–Trinajstić information content (AvgIpc) is 2.95. The predicted molar refractivity (Wildman–Crippen MR) is 104 cm³/mol. The highest BCUT2D eigenvalue weighted by Crippen LogP contribution is 2.67. The maximum absolute atomic E-state index is 12.0. The van der Waals surface area contributed by atoms with Gasteiger partial charge in [0.15, 0.2) is 0 Å². The number of carbonyl (C=O) groups excluding carboxylic acids is 1. The molecule has 4 aliphatic rings. The number of carboxylic acids is 1. The third-order valence-electron chi connectivity index (χ3n) is 9.74. The Morgan fingerprint density at radius 1 is 1.14 bits per heavy atom. The Morgan fingerprint density at radius 2 is 1.89 bits per heavy atom. The van der Waals surface area contributed by atoms with Gasteiger partial charge in [-0.15, -0.1) is 0 Å². The number of hydrogen-bond donors (Lipinski definition) is 3. The number of carboxylic acid groups (broad SMARTS) is 1. The van der Waals surface area contributed by atoms with Crippen molar-refractivity contribution >= 4 is 11.8 Å². The summed E-state index contributed by atoms with van der Waals surface area (Å²) in [5.41, 5.74) is -0.185. The average molecular weight is 393 g/mol. The van der Waals surface area contributed by atoms with Crippen LogP contribution in [0.4, 0.5) is 0 Å². The van der Waals surface area contributed by atoms with Gasteiger partial charge < -0.3 is 15.3 Å². The van der Waals surface area contributed by atoms with E-state index < -0.39 is 12.1 Å². The summed E-state index contributed by atoms with van der Waals surface area (Å²) < 4.78 is 0. The summed E-state index contributed by atoms with van der Waals surface area (Å²) in [4.78, 5) is 23.0. The Balaban J connectivity index is 1.59. The fraction of sp³-hybridized carbons (Fsp3) is 0.913. The first-order valence-corrected chi connectivity index (χ1v) is 11.3. The maximum atomic E-state index is 12.0. The van der Waals surface area contributed by atoms with Crippen LogP contribution in [-0.4, -0.2) is 39.3 Å². The summed E-state index contributed by atoms with van der Waals surface area (Å²) in [7, 11) is 0. The summed E-state index contributed by atoms with van der Waals surface area (Å²) in [6.45, 7) is 4.50. The first-order valence-electron chi connectivity index (χ1n) is 11.3. The van der Waals surface area contributed by atoms with Gasteiger partial charge in [0.05, 0.1) is 12.2 Å². The molecule has 0 aromatic heterocycles. The van der Waals surface area contributed by atoms with Crippen molar-refractivity contribution in [3.05, 3.63) is 0 Å². The minimum Gasteiger partial charge on any atom is -0.481 e. The van der Waals surface area contributed by atoms with E-state index in [4.69, 9.17) is 5.11 Å². The fourth-order valence-corrected chi connectivity index (χ4v) is 8.08. The fourth-order valence-electron chi connectivity index (χ4n) is 8.08. The second kappa shape index (κ2) is 7.09. The molecule has 4 rings (SSSR count). The van der Waals surface area contributed by atoms with E-state index in [1.165, 1.54) is 0 Å². The summed E-state index contributed by atoms with van der Waals surface area (Å²) in [5.74, 6) is 0.924. The highest BCUT2D eigenvalue weighted by atomic mass is 16.4. The molecule has 4 saturated carbocycles. The van der Waals surface area contributed by atoms with Crippen molar-refractivity contribution in [2.75, 3.05) is 0 Å². The molecule has 0 aliphatic heterocycles. The smallest absolute Gasteiger partial charge is 0.303 e. The minimum absolute atomic E-state index is 0.0432. The monoisotopic (exact) mass is 392 g/mol. The normalized spacial score (nSPS) is 50.6. The van der Waals surface area contributed by atoms with E-state index in [1.54, 1.807) is 0 Å². The molecule has 0 amide bonds. The van der Waals surface area contributed by atoms with E-state index in [2.05, 4.69) is 13.8 Å². The van der Waals surface area contributed by atoms with Crippen LogP contribution in [0, 0.1) is 40.4 Å². The second-order valence-corrected chi connectivity index (χ2v) is 10.7. The topological polar surface area (TPSA) is 94.8 Å². The Hall–Kier alpha value is -0.940. The lowest BCUT2D eigenvalue weighted by Gasteiger charge is -2.62. The molecule has 28 heavy (non-hydrogen) atoms. The molecule has 9 atom stereocenters. The van der Waals surface area contributed by atoms with Gasteiger partial charge in [0, 0.05) is 19.3 Å². The number of aliphatic carboxylic acids is 1. The zero-order valence-corrected chi connectivity index (χ0v) is 17.3. The summed E-state index contributed by atoms with van der Waals surface area (Å²) >= 11 is 0. The first-order chi connectivity index (χ1) is 13.2. The number of ketones is 1. The van der Waals surface area contributed by atoms with Crippen LogP contribution in [0.25, 0.3) is 0 Å². The summed E-state index contributed by atoms with van der Waals surface area (Å²) in [5, 5.41) is 31.5. The number of carbonyl (C=O) groups is 2. The number of aliphatic hydroxyl groups excluding tert-OH is 2. The van der Waals surface area contributed by atoms with Crippen molar-refractivity contribution in [3.8, 4) is 0 Å². The number of hydrogen-bond acceptors (Lipinski definition) is 4. The zero-order chi connectivity index (χ0) is 20.3. The Labute approximate surface area is 167 Å². The number of Topliss-reactive ketones (excluding diaryl/α,β-unsaturated/α-hetero) is 1. The van der Waals surface area contributed by atoms with Gasteiger partial charge in [-0.05, 0) is 85.4 Å². The standard InChI is InChI=1S/C23H36O5/c1-22-9-8-15(24)10-14(22)11-18(25)21-16-7-6-13(4-3-5-20(27)28)23(16,2)19(26)12-17(21)22/h13-14,16-19,21,25-26H,3-12H2,1-2H3,(H,27,28)/t13-,14-,16-,17-,18?,19-,21?,22-,23+/m0/s1. The molecular formula is C23H36O5. The number of rotatable bonds is 4. The van der Waals surface area contributed by atoms with E-state index in [1.807, 2.05) is 0 Å². The molecule has 0 heterocycles. The third-order valence-corrected chi connectivity index (χ3v) is 9.74. The van der Waals surface area contributed by atoms with Crippen molar-refractivity contribution in [2.24, 2.45) is 40.4 Å². The van der Waals surface area contributed by atoms with E-state index in [0.29, 0.717) is 43.3 Å². The Kier molecular flexibility index (Phi) is 5.15. The molecule has 2 unspecified atom stereocenters. The molecule has 4 fully saturated rings. The van der Waals surface area contributed by atoms with E-state index in [0.717, 1.165) is 32.1 Å². The van der Waals surface area contributed by atoms with E-state index >= 15 is 0 Å². The highest BCUT2D eigenvalue weighted by molar-refractivity contribution is 5.79. The van der Waals surface area contributed by atoms with Crippen molar-refractivity contribution in [2.45, 2.75) is 90.3 Å². The molecule has 5 heteroatoms. The van der Waals surface area contributed by atoms with Gasteiger partial charge in [0.25, 0.3) is 0 Å². The van der Waals surface area contributed by atoms with Gasteiger partial charge in [0.2, 0.25) is 0 Å². The lowest BCUT2D eigenvalue weighted by molar-refractivity contribution is -0.198. The lowest BCUT2D eigenvalue weighted by atomic mass is 9.43. The van der Waals surface area contributed by atoms with Crippen LogP contribution in [-0.2, 0) is 9.59 Å². The predicted octanol–water partition coefficient (Wildman–Crippen LogP) is 3.41. The second-order valence-electron chi connectivity index (χ2n) is 10.7. The minimum atomic E-state index is -0.752. The van der Waals surface area contributed by atoms with Gasteiger partial charge in [-0.25, -0.2) is 0 Å². The molecule has 0 saturated heterocycles. The van der Waals surface area contributed by atoms with Gasteiger partial charge in [-0.1, -0.05) is 13.8 Å². The van der Waals surface area contributed by atoms with Crippen LogP contribution in [0.15, 0.2) is 0 Å². The number of fused-ring (bicyclic) bond motifs is 5. The van der Waals surface area contributed by atoms with E-state index in [9.17, 15) is 19.8 Å². The molecule has 5 nitrogen and oxygen atoms in total. The summed E-state index contributed by atoms with van der Waals surface area (Å²) in [6.07, 6.45) is 6.50. The largest absolute Gasteiger partial charge is 0.481 e. The first kappa shape index (κ1) is 20.3. The Bertz CT molecular complexity index is 647. The van der Waals surface area contributed by atoms with Crippen molar-refractivity contribution in [3.63, 3.8) is 0 Å². The van der Waals surface area contributed by atoms with Crippen molar-refractivity contribution in [1.29, 1.82) is 0 Å². The third kappa shape index (κ3) is 2.96. The maximum Gasteiger partial charge on any atom is 0.303 e. The lowest BCUT2D eigenvalue weighted by Crippen LogP contribution is -2.61. The van der Waals surface area contributed by atoms with Crippen LogP contribution in [0.5, 0.6) is 0 Å². The van der Waals surface area contributed by atoms with Crippen LogP contribution < -0.4 is 0 Å². The van der Waals surface area contributed by atoms with Crippen molar-refractivity contribution in [1.82, 2.24) is 0 Å². The molecular weight excluding hydrogens is 356 g/mol. The zero-order valence-electron chi connectivity index (χ0n) is 17.3. The molecule has 0 aromatic carbocycles. The molecule has 0 spiro atoms. The Morgan fingerprint density at radius 3 is 2.61 bits per heavy atom. The van der Waals surface area contributed by atoms with E-state index in [-0.39, 0.29) is 41.1 Å². The number of aliphatic hydroxyl groups is 2. The van der Waals surface area contributed by atoms with Gasteiger partial charge >= 0.3 is 5.97 Å². The van der Waals surface area contributed by atoms with Crippen LogP contribution in [0.2, 0.25) is 0 Å². The van der Waals surface area contributed by atoms with Crippen LogP contribution in [0.1, 0.15) is 78.1 Å². The van der Waals surface area contributed by atoms with Crippen LogP contribution >= 0.6 is 0 Å². The van der Waals surface area contributed by atoms with Crippen LogP contribution in [0.3, 0.4) is 0 Å². The highest BCUT2D eigenvalue weighted by Gasteiger charge is 2.65. The van der Waals surface area contributed by atoms with Gasteiger partial charge in [-0.2, -0.15) is 0 Å². The molecule has 3 N–H and O–H groups in total. The molecule has 158 valence electrons. The molecule has 0 radical (unpaired) electrons. The SMILES string of the molecule is C[C@]12CCC(=O)C[C@H]1CC(O)C1[C@@H]2C[C@H](O)[C@]2(C)[C@@H](CCCC(=O)O)CC[C@@H]12. The quantitative estimate of drug-likeness (QED) is 0.681. The molecule has 0 aromatic rings.